The van der Waals surface area contributed by atoms with Crippen molar-refractivity contribution in [3.63, 3.8) is 0 Å². The van der Waals surface area contributed by atoms with E-state index < -0.39 is 0 Å². The lowest BCUT2D eigenvalue weighted by molar-refractivity contribution is 0.159. The summed E-state index contributed by atoms with van der Waals surface area (Å²) in [5, 5.41) is 18.2. The molecule has 0 aliphatic carbocycles. The van der Waals surface area contributed by atoms with Crippen molar-refractivity contribution in [3.05, 3.63) is 71.3 Å². The van der Waals surface area contributed by atoms with E-state index in [0.717, 1.165) is 12.8 Å². The van der Waals surface area contributed by atoms with Crippen LogP contribution in [0, 0.1) is 17.8 Å². The van der Waals surface area contributed by atoms with Crippen LogP contribution in [-0.4, -0.2) is 23.4 Å². The Balaban J connectivity index is 0.000000251. The highest BCUT2D eigenvalue weighted by molar-refractivity contribution is 5.23. The van der Waals surface area contributed by atoms with Crippen molar-refractivity contribution in [2.24, 2.45) is 10.8 Å². The molecule has 2 nitrogen and oxygen atoms in total. The van der Waals surface area contributed by atoms with E-state index in [1.54, 1.807) is 0 Å². The van der Waals surface area contributed by atoms with Crippen molar-refractivity contribution in [3.8, 4) is 0 Å². The molecule has 138 valence electrons. The van der Waals surface area contributed by atoms with E-state index in [1.165, 1.54) is 16.7 Å². The molecule has 0 spiro atoms. The second-order valence-corrected chi connectivity index (χ2v) is 8.47. The number of aryl methyl sites for hydroxylation is 1. The Morgan fingerprint density at radius 1 is 0.680 bits per heavy atom. The summed E-state index contributed by atoms with van der Waals surface area (Å²) in [7, 11) is 0. The van der Waals surface area contributed by atoms with Gasteiger partial charge in [-0.2, -0.15) is 0 Å². The monoisotopic (exact) mass is 342 g/mol. The fourth-order valence-corrected chi connectivity index (χ4v) is 2.63. The maximum atomic E-state index is 9.12. The van der Waals surface area contributed by atoms with Crippen LogP contribution in [0.15, 0.2) is 54.6 Å². The van der Waals surface area contributed by atoms with E-state index in [9.17, 15) is 0 Å². The van der Waals surface area contributed by atoms with Crippen molar-refractivity contribution < 1.29 is 10.2 Å². The highest BCUT2D eigenvalue weighted by Gasteiger charge is 2.17. The summed E-state index contributed by atoms with van der Waals surface area (Å²) < 4.78 is 0. The second kappa shape index (κ2) is 9.74. The zero-order valence-electron chi connectivity index (χ0n) is 16.4. The van der Waals surface area contributed by atoms with Crippen LogP contribution in [-0.2, 0) is 12.8 Å². The van der Waals surface area contributed by atoms with Gasteiger partial charge in [-0.05, 0) is 41.7 Å². The fourth-order valence-electron chi connectivity index (χ4n) is 2.63. The van der Waals surface area contributed by atoms with Crippen LogP contribution in [0.25, 0.3) is 0 Å². The summed E-state index contributed by atoms with van der Waals surface area (Å²) in [6.45, 7) is 10.9. The van der Waals surface area contributed by atoms with Gasteiger partial charge in [-0.1, -0.05) is 87.9 Å². The molecule has 2 aromatic rings. The van der Waals surface area contributed by atoms with E-state index in [0.29, 0.717) is 0 Å². The number of aliphatic hydroxyl groups is 2. The molecular weight excluding hydrogens is 308 g/mol. The molecule has 0 saturated heterocycles. The highest BCUT2D eigenvalue weighted by atomic mass is 16.3. The van der Waals surface area contributed by atoms with Gasteiger partial charge in [0.25, 0.3) is 0 Å². The van der Waals surface area contributed by atoms with Crippen LogP contribution in [0.1, 0.15) is 44.4 Å². The first-order valence-corrected chi connectivity index (χ1v) is 8.99. The molecule has 0 radical (unpaired) electrons. The highest BCUT2D eigenvalue weighted by Crippen LogP contribution is 2.21. The van der Waals surface area contributed by atoms with Crippen molar-refractivity contribution in [2.45, 2.75) is 47.5 Å². The molecule has 0 heterocycles. The average molecular weight is 343 g/mol. The van der Waals surface area contributed by atoms with Crippen LogP contribution < -0.4 is 0 Å². The second-order valence-electron chi connectivity index (χ2n) is 8.47. The third kappa shape index (κ3) is 8.85. The van der Waals surface area contributed by atoms with E-state index in [4.69, 9.17) is 10.2 Å². The van der Waals surface area contributed by atoms with Crippen LogP contribution in [0.3, 0.4) is 0 Å². The largest absolute Gasteiger partial charge is 0.396 e. The number of benzene rings is 2. The molecule has 0 amide bonds. The van der Waals surface area contributed by atoms with Gasteiger partial charge < -0.3 is 10.2 Å². The Morgan fingerprint density at radius 2 is 1.16 bits per heavy atom. The molecule has 2 heteroatoms. The molecule has 0 unspecified atom stereocenters. The lowest BCUT2D eigenvalue weighted by Crippen LogP contribution is -2.19. The van der Waals surface area contributed by atoms with E-state index in [1.807, 2.05) is 18.2 Å². The molecule has 25 heavy (non-hydrogen) atoms. The summed E-state index contributed by atoms with van der Waals surface area (Å²) in [5.41, 5.74) is 3.87. The Labute approximate surface area is 153 Å². The minimum atomic E-state index is -0.00616. The van der Waals surface area contributed by atoms with Crippen LogP contribution >= 0.6 is 0 Å². The van der Waals surface area contributed by atoms with Crippen molar-refractivity contribution in [1.82, 2.24) is 0 Å². The van der Waals surface area contributed by atoms with Gasteiger partial charge in [-0.25, -0.2) is 0 Å². The summed E-state index contributed by atoms with van der Waals surface area (Å²) in [6.07, 6.45) is 1.87. The molecule has 2 aromatic carbocycles. The summed E-state index contributed by atoms with van der Waals surface area (Å²) in [5.74, 6) is 0. The SMILES string of the molecule is CC(C)(CO)Cc1ccccc1.Cc1cccc(CC(C)(C)CO)c1. The van der Waals surface area contributed by atoms with Crippen LogP contribution in [0.2, 0.25) is 0 Å². The maximum Gasteiger partial charge on any atom is 0.0485 e. The van der Waals surface area contributed by atoms with Gasteiger partial charge in [0, 0.05) is 13.2 Å². The summed E-state index contributed by atoms with van der Waals surface area (Å²) in [6, 6.07) is 18.7. The van der Waals surface area contributed by atoms with E-state index in [-0.39, 0.29) is 24.0 Å². The van der Waals surface area contributed by atoms with Gasteiger partial charge >= 0.3 is 0 Å². The smallest absolute Gasteiger partial charge is 0.0485 e. The third-order valence-corrected chi connectivity index (χ3v) is 4.15. The Morgan fingerprint density at radius 3 is 1.64 bits per heavy atom. The van der Waals surface area contributed by atoms with Gasteiger partial charge in [-0.3, -0.25) is 0 Å². The van der Waals surface area contributed by atoms with Crippen molar-refractivity contribution in [2.75, 3.05) is 13.2 Å². The minimum absolute atomic E-state index is 0.00134. The number of rotatable bonds is 6. The minimum Gasteiger partial charge on any atom is -0.396 e. The average Bonchev–Trinajstić information content (AvgIpc) is 2.56. The zero-order valence-corrected chi connectivity index (χ0v) is 16.4. The first-order valence-electron chi connectivity index (χ1n) is 8.99. The standard InChI is InChI=1S/C12H18O.C11H16O/c1-10-5-4-6-11(7-10)8-12(2,3)9-13;1-11(2,9-12)8-10-6-4-3-5-7-10/h4-7,13H,8-9H2,1-3H3;3-7,12H,8-9H2,1-2H3. The van der Waals surface area contributed by atoms with E-state index >= 15 is 0 Å². The predicted octanol–water partition coefficient (Wildman–Crippen LogP) is 4.80. The number of hydrogen-bond donors (Lipinski definition) is 2. The molecule has 0 saturated carbocycles. The summed E-state index contributed by atoms with van der Waals surface area (Å²) >= 11 is 0. The van der Waals surface area contributed by atoms with Gasteiger partial charge in [0.05, 0.1) is 0 Å². The maximum absolute atomic E-state index is 9.12. The Kier molecular flexibility index (Phi) is 8.34. The lowest BCUT2D eigenvalue weighted by Gasteiger charge is -2.21. The first kappa shape index (κ1) is 21.4. The van der Waals surface area contributed by atoms with E-state index in [2.05, 4.69) is 71.0 Å². The van der Waals surface area contributed by atoms with Crippen molar-refractivity contribution in [1.29, 1.82) is 0 Å². The number of hydrogen-bond acceptors (Lipinski definition) is 2. The van der Waals surface area contributed by atoms with Crippen molar-refractivity contribution >= 4 is 0 Å². The molecule has 0 aromatic heterocycles. The number of aliphatic hydroxyl groups excluding tert-OH is 2. The lowest BCUT2D eigenvalue weighted by atomic mass is 9.86. The third-order valence-electron chi connectivity index (χ3n) is 4.15. The van der Waals surface area contributed by atoms with Gasteiger partial charge in [0.15, 0.2) is 0 Å². The molecule has 0 bridgehead atoms. The van der Waals surface area contributed by atoms with Crippen LogP contribution in [0.4, 0.5) is 0 Å². The zero-order chi connectivity index (χ0) is 18.9. The predicted molar refractivity (Wildman–Crippen MR) is 107 cm³/mol. The Hall–Kier alpha value is -1.64. The normalized spacial score (nSPS) is 11.6. The molecule has 2 rings (SSSR count). The topological polar surface area (TPSA) is 40.5 Å². The molecule has 0 atom stereocenters. The molecule has 0 aliphatic rings. The van der Waals surface area contributed by atoms with Gasteiger partial charge in [0.2, 0.25) is 0 Å². The van der Waals surface area contributed by atoms with Crippen LogP contribution in [0.5, 0.6) is 0 Å². The molecule has 0 fully saturated rings. The van der Waals surface area contributed by atoms with Gasteiger partial charge in [-0.15, -0.1) is 0 Å². The first-order chi connectivity index (χ1) is 11.7. The fraction of sp³-hybridized carbons (Fsp3) is 0.478. The molecule has 0 aliphatic heterocycles. The molecular formula is C23H34O2. The quantitative estimate of drug-likeness (QED) is 0.791. The summed E-state index contributed by atoms with van der Waals surface area (Å²) in [4.78, 5) is 0. The molecule has 2 N–H and O–H groups in total. The van der Waals surface area contributed by atoms with Gasteiger partial charge in [0.1, 0.15) is 0 Å². The Bertz CT molecular complexity index is 615.